The van der Waals surface area contributed by atoms with Gasteiger partial charge in [0.1, 0.15) is 0 Å². The van der Waals surface area contributed by atoms with E-state index in [1.165, 1.54) is 4.90 Å². The molecule has 0 aromatic carbocycles. The van der Waals surface area contributed by atoms with E-state index >= 15 is 0 Å². The van der Waals surface area contributed by atoms with Crippen LogP contribution in [0.4, 0.5) is 0 Å². The smallest absolute Gasteiger partial charge is 0.227 e. The first-order chi connectivity index (χ1) is 5.11. The highest BCUT2D eigenvalue weighted by Gasteiger charge is 2.28. The van der Waals surface area contributed by atoms with Crippen molar-refractivity contribution in [2.24, 2.45) is 5.92 Å². The predicted molar refractivity (Wildman–Crippen MR) is 39.8 cm³/mol. The molecule has 2 amide bonds. The van der Waals surface area contributed by atoms with Gasteiger partial charge in [0.25, 0.3) is 0 Å². The summed E-state index contributed by atoms with van der Waals surface area (Å²) < 4.78 is 0. The molecule has 62 valence electrons. The van der Waals surface area contributed by atoms with Crippen molar-refractivity contribution in [3.05, 3.63) is 0 Å². The third-order valence-corrected chi connectivity index (χ3v) is 1.77. The van der Waals surface area contributed by atoms with E-state index < -0.39 is 0 Å². The summed E-state index contributed by atoms with van der Waals surface area (Å²) in [5, 5.41) is 2.62. The van der Waals surface area contributed by atoms with E-state index in [0.29, 0.717) is 13.0 Å². The van der Waals surface area contributed by atoms with E-state index in [-0.39, 0.29) is 17.7 Å². The highest BCUT2D eigenvalue weighted by Crippen LogP contribution is 2.10. The largest absolute Gasteiger partial charge is 0.355 e. The molecule has 1 fully saturated rings. The minimum atomic E-state index is -0.141. The van der Waals surface area contributed by atoms with Crippen LogP contribution in [-0.2, 0) is 9.59 Å². The number of nitrogens with zero attached hydrogens (tertiary/aromatic N) is 1. The summed E-state index contributed by atoms with van der Waals surface area (Å²) in [5.74, 6) is -0.133. The summed E-state index contributed by atoms with van der Waals surface area (Å²) in [6.07, 6.45) is 0.344. The molecule has 4 heteroatoms. The van der Waals surface area contributed by atoms with Crippen molar-refractivity contribution in [3.8, 4) is 0 Å². The van der Waals surface area contributed by atoms with E-state index in [9.17, 15) is 9.59 Å². The monoisotopic (exact) mass is 156 g/mol. The number of hydrogen-bond acceptors (Lipinski definition) is 2. The molecule has 1 atom stereocenters. The Labute approximate surface area is 65.6 Å². The Bertz CT molecular complexity index is 189. The Hall–Kier alpha value is -1.06. The van der Waals surface area contributed by atoms with Gasteiger partial charge in [-0.2, -0.15) is 0 Å². The lowest BCUT2D eigenvalue weighted by Crippen LogP contribution is -2.30. The van der Waals surface area contributed by atoms with Crippen LogP contribution in [-0.4, -0.2) is 37.4 Å². The highest BCUT2D eigenvalue weighted by atomic mass is 16.2. The molecular formula is C7H12N2O2. The Morgan fingerprint density at radius 1 is 1.64 bits per heavy atom. The molecule has 0 aliphatic carbocycles. The number of carbonyl (C=O) groups excluding carboxylic acids is 2. The maximum Gasteiger partial charge on any atom is 0.227 e. The molecule has 1 saturated heterocycles. The minimum Gasteiger partial charge on any atom is -0.355 e. The number of carbonyl (C=O) groups is 2. The van der Waals surface area contributed by atoms with Gasteiger partial charge in [-0.3, -0.25) is 9.59 Å². The third-order valence-electron chi connectivity index (χ3n) is 1.77. The Morgan fingerprint density at radius 3 is 2.64 bits per heavy atom. The molecular weight excluding hydrogens is 144 g/mol. The molecule has 0 bridgehead atoms. The molecule has 4 nitrogen and oxygen atoms in total. The van der Waals surface area contributed by atoms with E-state index in [1.807, 2.05) is 0 Å². The average molecular weight is 156 g/mol. The first-order valence-electron chi connectivity index (χ1n) is 3.59. The summed E-state index contributed by atoms with van der Waals surface area (Å²) in [7, 11) is 3.40. The zero-order valence-corrected chi connectivity index (χ0v) is 6.76. The Kier molecular flexibility index (Phi) is 2.12. The van der Waals surface area contributed by atoms with E-state index in [4.69, 9.17) is 0 Å². The standard InChI is InChI=1S/C7H12N2O2/c1-9(2)7(11)5-3-6(10)8-4-5/h5H,3-4H2,1-2H3,(H,8,10)/t5-/m0/s1. The van der Waals surface area contributed by atoms with Crippen molar-refractivity contribution in [1.29, 1.82) is 0 Å². The van der Waals surface area contributed by atoms with Gasteiger partial charge >= 0.3 is 0 Å². The van der Waals surface area contributed by atoms with E-state index in [2.05, 4.69) is 5.32 Å². The van der Waals surface area contributed by atoms with Crippen LogP contribution in [0.2, 0.25) is 0 Å². The van der Waals surface area contributed by atoms with Crippen molar-refractivity contribution in [1.82, 2.24) is 10.2 Å². The predicted octanol–water partition coefficient (Wildman–Crippen LogP) is -0.789. The SMILES string of the molecule is CN(C)C(=O)[C@@H]1CNC(=O)C1. The molecule has 0 radical (unpaired) electrons. The van der Waals surface area contributed by atoms with Gasteiger partial charge in [-0.25, -0.2) is 0 Å². The molecule has 0 aromatic heterocycles. The lowest BCUT2D eigenvalue weighted by molar-refractivity contribution is -0.133. The summed E-state index contributed by atoms with van der Waals surface area (Å²) >= 11 is 0. The van der Waals surface area contributed by atoms with Gasteiger partial charge < -0.3 is 10.2 Å². The first-order valence-corrected chi connectivity index (χ1v) is 3.59. The molecule has 1 rings (SSSR count). The van der Waals surface area contributed by atoms with Gasteiger partial charge in [-0.1, -0.05) is 0 Å². The van der Waals surface area contributed by atoms with Crippen LogP contribution in [0.5, 0.6) is 0 Å². The molecule has 0 spiro atoms. The van der Waals surface area contributed by atoms with E-state index in [0.717, 1.165) is 0 Å². The van der Waals surface area contributed by atoms with Crippen LogP contribution < -0.4 is 5.32 Å². The fraction of sp³-hybridized carbons (Fsp3) is 0.714. The van der Waals surface area contributed by atoms with Crippen LogP contribution in [0.15, 0.2) is 0 Å². The van der Waals surface area contributed by atoms with Crippen molar-refractivity contribution in [2.45, 2.75) is 6.42 Å². The van der Waals surface area contributed by atoms with Gasteiger partial charge in [-0.15, -0.1) is 0 Å². The van der Waals surface area contributed by atoms with Crippen LogP contribution in [0.25, 0.3) is 0 Å². The Morgan fingerprint density at radius 2 is 2.27 bits per heavy atom. The molecule has 1 aliphatic rings. The topological polar surface area (TPSA) is 49.4 Å². The fourth-order valence-electron chi connectivity index (χ4n) is 1.14. The number of rotatable bonds is 1. The van der Waals surface area contributed by atoms with Gasteiger partial charge in [0.15, 0.2) is 0 Å². The van der Waals surface area contributed by atoms with Crippen molar-refractivity contribution >= 4 is 11.8 Å². The van der Waals surface area contributed by atoms with Crippen LogP contribution in [0.3, 0.4) is 0 Å². The number of amides is 2. The van der Waals surface area contributed by atoms with E-state index in [1.54, 1.807) is 14.1 Å². The van der Waals surface area contributed by atoms with Gasteiger partial charge in [0, 0.05) is 27.1 Å². The fourth-order valence-corrected chi connectivity index (χ4v) is 1.14. The molecule has 0 aromatic rings. The summed E-state index contributed by atoms with van der Waals surface area (Å²) in [4.78, 5) is 23.4. The number of nitrogens with one attached hydrogen (secondary N) is 1. The zero-order valence-electron chi connectivity index (χ0n) is 6.76. The third kappa shape index (κ3) is 1.69. The van der Waals surface area contributed by atoms with Crippen molar-refractivity contribution in [2.75, 3.05) is 20.6 Å². The van der Waals surface area contributed by atoms with Crippen molar-refractivity contribution in [3.63, 3.8) is 0 Å². The molecule has 0 unspecified atom stereocenters. The number of hydrogen-bond donors (Lipinski definition) is 1. The quantitative estimate of drug-likeness (QED) is 0.541. The second kappa shape index (κ2) is 2.90. The first kappa shape index (κ1) is 8.04. The highest BCUT2D eigenvalue weighted by molar-refractivity contribution is 5.88. The molecule has 1 N–H and O–H groups in total. The lowest BCUT2D eigenvalue weighted by atomic mass is 10.1. The molecule has 0 saturated carbocycles. The van der Waals surface area contributed by atoms with Gasteiger partial charge in [0.05, 0.1) is 5.92 Å². The van der Waals surface area contributed by atoms with Gasteiger partial charge in [0.2, 0.25) is 11.8 Å². The van der Waals surface area contributed by atoms with Crippen molar-refractivity contribution < 1.29 is 9.59 Å². The summed E-state index contributed by atoms with van der Waals surface area (Å²) in [6.45, 7) is 0.496. The Balaban J connectivity index is 2.50. The van der Waals surface area contributed by atoms with Crippen LogP contribution in [0.1, 0.15) is 6.42 Å². The maximum atomic E-state index is 11.2. The summed E-state index contributed by atoms with van der Waals surface area (Å²) in [5.41, 5.74) is 0. The normalized spacial score (nSPS) is 23.1. The molecule has 1 aliphatic heterocycles. The molecule has 11 heavy (non-hydrogen) atoms. The summed E-state index contributed by atoms with van der Waals surface area (Å²) in [6, 6.07) is 0. The maximum absolute atomic E-state index is 11.2. The second-order valence-corrected chi connectivity index (χ2v) is 2.94. The molecule has 1 heterocycles. The zero-order chi connectivity index (χ0) is 8.43. The van der Waals surface area contributed by atoms with Crippen LogP contribution in [0, 0.1) is 5.92 Å². The lowest BCUT2D eigenvalue weighted by Gasteiger charge is -2.13. The second-order valence-electron chi connectivity index (χ2n) is 2.94. The van der Waals surface area contributed by atoms with Crippen LogP contribution >= 0.6 is 0 Å². The average Bonchev–Trinajstić information content (AvgIpc) is 2.34. The van der Waals surface area contributed by atoms with Gasteiger partial charge in [-0.05, 0) is 0 Å². The minimum absolute atomic E-state index is 0.0230.